The molecule has 6 heteroatoms. The van der Waals surface area contributed by atoms with E-state index in [4.69, 9.17) is 10.00 Å². The third-order valence-corrected chi connectivity index (χ3v) is 4.56. The zero-order valence-corrected chi connectivity index (χ0v) is 15.3. The molecule has 2 amide bonds. The largest absolute Gasteiger partial charge is 0.450 e. The van der Waals surface area contributed by atoms with E-state index in [1.807, 2.05) is 6.92 Å². The van der Waals surface area contributed by atoms with Crippen molar-refractivity contribution in [2.24, 2.45) is 0 Å². The zero-order chi connectivity index (χ0) is 18.8. The smallest absolute Gasteiger partial charge is 0.407 e. The van der Waals surface area contributed by atoms with Crippen molar-refractivity contribution < 1.29 is 14.3 Å². The second kappa shape index (κ2) is 10.4. The molecular weight excluding hydrogens is 330 g/mol. The predicted octanol–water partition coefficient (Wildman–Crippen LogP) is 3.05. The normalized spacial score (nSPS) is 15.1. The van der Waals surface area contributed by atoms with Crippen LogP contribution in [0.25, 0.3) is 0 Å². The topological polar surface area (TPSA) is 91.2 Å². The lowest BCUT2D eigenvalue weighted by Crippen LogP contribution is -2.50. The first-order valence-corrected chi connectivity index (χ1v) is 9.35. The molecule has 1 aliphatic rings. The number of ether oxygens (including phenoxy) is 1. The van der Waals surface area contributed by atoms with Crippen LogP contribution in [0.1, 0.15) is 56.6 Å². The number of nitriles is 1. The average molecular weight is 357 g/mol. The molecule has 6 nitrogen and oxygen atoms in total. The SMILES string of the molecule is CCCCOC(=O)N[C@@H](Cc1ccc(C#N)cc1)C(=O)NC1CCCC1. The van der Waals surface area contributed by atoms with Crippen molar-refractivity contribution in [1.29, 1.82) is 5.26 Å². The summed E-state index contributed by atoms with van der Waals surface area (Å²) >= 11 is 0. The molecule has 1 saturated carbocycles. The Morgan fingerprint density at radius 1 is 1.27 bits per heavy atom. The molecule has 1 aromatic rings. The molecule has 1 aliphatic carbocycles. The summed E-state index contributed by atoms with van der Waals surface area (Å²) in [6.45, 7) is 2.36. The van der Waals surface area contributed by atoms with Crippen LogP contribution in [0.4, 0.5) is 4.79 Å². The molecule has 1 atom stereocenters. The van der Waals surface area contributed by atoms with Crippen molar-refractivity contribution in [2.45, 2.75) is 64.0 Å². The van der Waals surface area contributed by atoms with Gasteiger partial charge in [0.05, 0.1) is 18.2 Å². The molecule has 0 aromatic heterocycles. The zero-order valence-electron chi connectivity index (χ0n) is 15.3. The lowest BCUT2D eigenvalue weighted by atomic mass is 10.0. The Hall–Kier alpha value is -2.55. The number of hydrogen-bond donors (Lipinski definition) is 2. The van der Waals surface area contributed by atoms with E-state index in [0.29, 0.717) is 18.6 Å². The molecule has 0 saturated heterocycles. The van der Waals surface area contributed by atoms with E-state index < -0.39 is 12.1 Å². The minimum absolute atomic E-state index is 0.184. The van der Waals surface area contributed by atoms with Gasteiger partial charge in [-0.05, 0) is 37.0 Å². The lowest BCUT2D eigenvalue weighted by molar-refractivity contribution is -0.123. The van der Waals surface area contributed by atoms with Gasteiger partial charge in [-0.1, -0.05) is 38.3 Å². The summed E-state index contributed by atoms with van der Waals surface area (Å²) in [5.74, 6) is -0.186. The molecule has 2 rings (SSSR count). The number of benzene rings is 1. The minimum Gasteiger partial charge on any atom is -0.450 e. The number of rotatable bonds is 8. The first-order valence-electron chi connectivity index (χ1n) is 9.35. The highest BCUT2D eigenvalue weighted by Crippen LogP contribution is 2.18. The summed E-state index contributed by atoms with van der Waals surface area (Å²) in [6.07, 6.45) is 5.72. The Bertz CT molecular complexity index is 631. The van der Waals surface area contributed by atoms with E-state index in [9.17, 15) is 9.59 Å². The summed E-state index contributed by atoms with van der Waals surface area (Å²) in [6, 6.07) is 8.58. The van der Waals surface area contributed by atoms with Crippen molar-refractivity contribution in [3.05, 3.63) is 35.4 Å². The van der Waals surface area contributed by atoms with E-state index in [1.54, 1.807) is 24.3 Å². The summed E-state index contributed by atoms with van der Waals surface area (Å²) in [4.78, 5) is 24.7. The first kappa shape index (κ1) is 19.8. The predicted molar refractivity (Wildman–Crippen MR) is 98.4 cm³/mol. The first-order chi connectivity index (χ1) is 12.6. The van der Waals surface area contributed by atoms with Crippen molar-refractivity contribution in [3.63, 3.8) is 0 Å². The molecule has 0 heterocycles. The molecule has 26 heavy (non-hydrogen) atoms. The number of carbonyl (C=O) groups is 2. The van der Waals surface area contributed by atoms with Crippen LogP contribution in [0.3, 0.4) is 0 Å². The fourth-order valence-electron chi connectivity index (χ4n) is 3.03. The van der Waals surface area contributed by atoms with Crippen molar-refractivity contribution >= 4 is 12.0 Å². The number of nitrogens with zero attached hydrogens (tertiary/aromatic N) is 1. The molecule has 140 valence electrons. The van der Waals surface area contributed by atoms with Gasteiger partial charge in [0.25, 0.3) is 0 Å². The molecule has 0 aliphatic heterocycles. The second-order valence-corrected chi connectivity index (χ2v) is 6.69. The van der Waals surface area contributed by atoms with Gasteiger partial charge in [0.2, 0.25) is 5.91 Å². The Morgan fingerprint density at radius 2 is 1.96 bits per heavy atom. The van der Waals surface area contributed by atoms with Gasteiger partial charge in [0.15, 0.2) is 0 Å². The van der Waals surface area contributed by atoms with Crippen LogP contribution in [-0.2, 0) is 16.0 Å². The van der Waals surface area contributed by atoms with E-state index >= 15 is 0 Å². The van der Waals surface area contributed by atoms with Crippen molar-refractivity contribution in [3.8, 4) is 6.07 Å². The molecule has 0 radical (unpaired) electrons. The third kappa shape index (κ3) is 6.40. The molecule has 0 unspecified atom stereocenters. The van der Waals surface area contributed by atoms with Crippen LogP contribution in [0.5, 0.6) is 0 Å². The fourth-order valence-corrected chi connectivity index (χ4v) is 3.03. The number of nitrogens with one attached hydrogen (secondary N) is 2. The van der Waals surface area contributed by atoms with Crippen LogP contribution in [0.2, 0.25) is 0 Å². The van der Waals surface area contributed by atoms with E-state index in [0.717, 1.165) is 44.1 Å². The van der Waals surface area contributed by atoms with Crippen LogP contribution in [-0.4, -0.2) is 30.7 Å². The molecule has 2 N–H and O–H groups in total. The summed E-state index contributed by atoms with van der Waals surface area (Å²) < 4.78 is 5.13. The molecular formula is C20H27N3O3. The van der Waals surface area contributed by atoms with Gasteiger partial charge in [0.1, 0.15) is 6.04 Å². The Labute approximate surface area is 154 Å². The quantitative estimate of drug-likeness (QED) is 0.700. The van der Waals surface area contributed by atoms with Crippen LogP contribution >= 0.6 is 0 Å². The number of alkyl carbamates (subject to hydrolysis) is 1. The van der Waals surface area contributed by atoms with Crippen molar-refractivity contribution in [1.82, 2.24) is 10.6 Å². The van der Waals surface area contributed by atoms with Gasteiger partial charge in [-0.15, -0.1) is 0 Å². The van der Waals surface area contributed by atoms with Gasteiger partial charge < -0.3 is 15.4 Å². The maximum absolute atomic E-state index is 12.7. The van der Waals surface area contributed by atoms with Gasteiger partial charge in [-0.2, -0.15) is 5.26 Å². The summed E-state index contributed by atoms with van der Waals surface area (Å²) in [7, 11) is 0. The minimum atomic E-state index is -0.697. The van der Waals surface area contributed by atoms with Crippen LogP contribution in [0, 0.1) is 11.3 Å². The Kier molecular flexibility index (Phi) is 7.94. The highest BCUT2D eigenvalue weighted by atomic mass is 16.5. The van der Waals surface area contributed by atoms with Crippen LogP contribution < -0.4 is 10.6 Å². The van der Waals surface area contributed by atoms with E-state index in [-0.39, 0.29) is 11.9 Å². The standard InChI is InChI=1S/C20H27N3O3/c1-2-3-12-26-20(25)23-18(19(24)22-17-6-4-5-7-17)13-15-8-10-16(14-21)11-9-15/h8-11,17-18H,2-7,12-13H2,1H3,(H,22,24)(H,23,25)/t18-/m0/s1. The van der Waals surface area contributed by atoms with E-state index in [2.05, 4.69) is 16.7 Å². The Balaban J connectivity index is 1.99. The number of unbranched alkanes of at least 4 members (excludes halogenated alkanes) is 1. The Morgan fingerprint density at radius 3 is 2.58 bits per heavy atom. The number of amides is 2. The summed E-state index contributed by atoms with van der Waals surface area (Å²) in [5.41, 5.74) is 1.44. The highest BCUT2D eigenvalue weighted by Gasteiger charge is 2.25. The maximum atomic E-state index is 12.7. The number of carbonyl (C=O) groups excluding carboxylic acids is 2. The van der Waals surface area contributed by atoms with Crippen molar-refractivity contribution in [2.75, 3.05) is 6.61 Å². The summed E-state index contributed by atoms with van der Waals surface area (Å²) in [5, 5.41) is 14.6. The van der Waals surface area contributed by atoms with E-state index in [1.165, 1.54) is 0 Å². The van der Waals surface area contributed by atoms with Gasteiger partial charge in [-0.25, -0.2) is 4.79 Å². The van der Waals surface area contributed by atoms with Gasteiger partial charge in [-0.3, -0.25) is 4.79 Å². The second-order valence-electron chi connectivity index (χ2n) is 6.69. The third-order valence-electron chi connectivity index (χ3n) is 4.56. The number of hydrogen-bond acceptors (Lipinski definition) is 4. The van der Waals surface area contributed by atoms with Gasteiger partial charge in [0, 0.05) is 12.5 Å². The molecule has 1 fully saturated rings. The molecule has 0 spiro atoms. The molecule has 0 bridgehead atoms. The lowest BCUT2D eigenvalue weighted by Gasteiger charge is -2.21. The highest BCUT2D eigenvalue weighted by molar-refractivity contribution is 5.86. The average Bonchev–Trinajstić information content (AvgIpc) is 3.15. The maximum Gasteiger partial charge on any atom is 0.407 e. The monoisotopic (exact) mass is 357 g/mol. The fraction of sp³-hybridized carbons (Fsp3) is 0.550. The molecule has 1 aromatic carbocycles. The van der Waals surface area contributed by atoms with Gasteiger partial charge >= 0.3 is 6.09 Å². The van der Waals surface area contributed by atoms with Crippen LogP contribution in [0.15, 0.2) is 24.3 Å².